The van der Waals surface area contributed by atoms with Gasteiger partial charge in [-0.05, 0) is 31.4 Å². The van der Waals surface area contributed by atoms with Gasteiger partial charge in [-0.3, -0.25) is 9.69 Å². The molecule has 110 valence electrons. The molecule has 0 bridgehead atoms. The van der Waals surface area contributed by atoms with Crippen molar-refractivity contribution in [2.24, 2.45) is 5.73 Å². The number of likely N-dealkylation sites (N-methyl/N-ethyl adjacent to an activating group) is 1. The van der Waals surface area contributed by atoms with Crippen LogP contribution in [-0.2, 0) is 11.3 Å². The maximum absolute atomic E-state index is 12.2. The maximum Gasteiger partial charge on any atom is 0.236 e. The van der Waals surface area contributed by atoms with E-state index in [1.165, 1.54) is 5.56 Å². The van der Waals surface area contributed by atoms with Crippen molar-refractivity contribution < 1.29 is 4.79 Å². The highest BCUT2D eigenvalue weighted by Gasteiger charge is 2.30. The SMILES string of the molecule is CN(C(=O)CN(CCCN)Cc1ccccc1)C1CC1. The molecule has 0 aliphatic heterocycles. The number of carbonyl (C=O) groups excluding carboxylic acids is 1. The lowest BCUT2D eigenvalue weighted by Gasteiger charge is -2.25. The highest BCUT2D eigenvalue weighted by Crippen LogP contribution is 2.25. The molecule has 1 aliphatic carbocycles. The molecule has 2 rings (SSSR count). The number of hydrogen-bond donors (Lipinski definition) is 1. The Kier molecular flexibility index (Phi) is 5.56. The fourth-order valence-electron chi connectivity index (χ4n) is 2.34. The second-order valence-corrected chi connectivity index (χ2v) is 5.57. The lowest BCUT2D eigenvalue weighted by atomic mass is 10.2. The maximum atomic E-state index is 12.2. The fourth-order valence-corrected chi connectivity index (χ4v) is 2.34. The normalized spacial score (nSPS) is 14.6. The number of amides is 1. The van der Waals surface area contributed by atoms with Crippen molar-refractivity contribution in [2.75, 3.05) is 26.7 Å². The molecule has 2 N–H and O–H groups in total. The third kappa shape index (κ3) is 4.62. The summed E-state index contributed by atoms with van der Waals surface area (Å²) in [6.45, 7) is 2.83. The molecule has 4 nitrogen and oxygen atoms in total. The second-order valence-electron chi connectivity index (χ2n) is 5.57. The molecule has 0 radical (unpaired) electrons. The van der Waals surface area contributed by atoms with Crippen molar-refractivity contribution in [3.8, 4) is 0 Å². The summed E-state index contributed by atoms with van der Waals surface area (Å²) in [5.41, 5.74) is 6.84. The van der Waals surface area contributed by atoms with Crippen LogP contribution in [0.1, 0.15) is 24.8 Å². The predicted molar refractivity (Wildman–Crippen MR) is 81.2 cm³/mol. The zero-order chi connectivity index (χ0) is 14.4. The first-order valence-corrected chi connectivity index (χ1v) is 7.42. The molecule has 0 spiro atoms. The van der Waals surface area contributed by atoms with Gasteiger partial charge in [0.2, 0.25) is 5.91 Å². The number of nitrogens with two attached hydrogens (primary N) is 1. The molecule has 0 unspecified atom stereocenters. The van der Waals surface area contributed by atoms with Crippen LogP contribution in [0.2, 0.25) is 0 Å². The van der Waals surface area contributed by atoms with E-state index >= 15 is 0 Å². The molecule has 1 aromatic carbocycles. The van der Waals surface area contributed by atoms with Crippen LogP contribution in [0.5, 0.6) is 0 Å². The average molecular weight is 275 g/mol. The standard InChI is InChI=1S/C16H25N3O/c1-18(15-8-9-15)16(20)13-19(11-5-10-17)12-14-6-3-2-4-7-14/h2-4,6-7,15H,5,8-13,17H2,1H3. The van der Waals surface area contributed by atoms with Gasteiger partial charge in [0, 0.05) is 26.2 Å². The summed E-state index contributed by atoms with van der Waals surface area (Å²) in [5.74, 6) is 0.223. The summed E-state index contributed by atoms with van der Waals surface area (Å²) in [5, 5.41) is 0. The molecule has 4 heteroatoms. The van der Waals surface area contributed by atoms with E-state index in [0.29, 0.717) is 19.1 Å². The summed E-state index contributed by atoms with van der Waals surface area (Å²) < 4.78 is 0. The van der Waals surface area contributed by atoms with Gasteiger partial charge in [0.15, 0.2) is 0 Å². The van der Waals surface area contributed by atoms with Gasteiger partial charge in [0.05, 0.1) is 6.54 Å². The summed E-state index contributed by atoms with van der Waals surface area (Å²) >= 11 is 0. The van der Waals surface area contributed by atoms with Crippen LogP contribution in [0.15, 0.2) is 30.3 Å². The fraction of sp³-hybridized carbons (Fsp3) is 0.562. The van der Waals surface area contributed by atoms with E-state index in [0.717, 1.165) is 32.4 Å². The Morgan fingerprint density at radius 1 is 1.30 bits per heavy atom. The van der Waals surface area contributed by atoms with Crippen LogP contribution in [0.3, 0.4) is 0 Å². The third-order valence-electron chi connectivity index (χ3n) is 3.77. The number of nitrogens with zero attached hydrogens (tertiary/aromatic N) is 2. The first-order chi connectivity index (χ1) is 9.70. The van der Waals surface area contributed by atoms with Crippen molar-refractivity contribution >= 4 is 5.91 Å². The molecule has 1 fully saturated rings. The van der Waals surface area contributed by atoms with Gasteiger partial charge >= 0.3 is 0 Å². The molecule has 1 saturated carbocycles. The van der Waals surface area contributed by atoms with Crippen LogP contribution in [0.25, 0.3) is 0 Å². The third-order valence-corrected chi connectivity index (χ3v) is 3.77. The predicted octanol–water partition coefficient (Wildman–Crippen LogP) is 1.46. The Labute approximate surface area is 121 Å². The van der Waals surface area contributed by atoms with E-state index in [2.05, 4.69) is 17.0 Å². The van der Waals surface area contributed by atoms with Crippen LogP contribution in [0.4, 0.5) is 0 Å². The van der Waals surface area contributed by atoms with E-state index in [-0.39, 0.29) is 5.91 Å². The lowest BCUT2D eigenvalue weighted by molar-refractivity contribution is -0.131. The zero-order valence-electron chi connectivity index (χ0n) is 12.3. The van der Waals surface area contributed by atoms with Gasteiger partial charge in [-0.25, -0.2) is 0 Å². The second kappa shape index (κ2) is 7.41. The molecule has 0 heterocycles. The van der Waals surface area contributed by atoms with Gasteiger partial charge < -0.3 is 10.6 Å². The van der Waals surface area contributed by atoms with Gasteiger partial charge in [0.1, 0.15) is 0 Å². The summed E-state index contributed by atoms with van der Waals surface area (Å²) in [7, 11) is 1.92. The van der Waals surface area contributed by atoms with Gasteiger partial charge in [-0.15, -0.1) is 0 Å². The monoisotopic (exact) mass is 275 g/mol. The highest BCUT2D eigenvalue weighted by atomic mass is 16.2. The molecule has 1 aliphatic rings. The average Bonchev–Trinajstić information content (AvgIpc) is 3.29. The molecule has 1 aromatic rings. The van der Waals surface area contributed by atoms with E-state index in [4.69, 9.17) is 5.73 Å². The zero-order valence-corrected chi connectivity index (χ0v) is 12.3. The molecule has 1 amide bonds. The van der Waals surface area contributed by atoms with E-state index in [9.17, 15) is 4.79 Å². The van der Waals surface area contributed by atoms with Gasteiger partial charge in [-0.2, -0.15) is 0 Å². The first kappa shape index (κ1) is 15.0. The summed E-state index contributed by atoms with van der Waals surface area (Å²) in [6.07, 6.45) is 3.24. The van der Waals surface area contributed by atoms with Crippen molar-refractivity contribution in [2.45, 2.75) is 31.8 Å². The van der Waals surface area contributed by atoms with Crippen molar-refractivity contribution in [1.82, 2.24) is 9.80 Å². The van der Waals surface area contributed by atoms with Crippen LogP contribution in [-0.4, -0.2) is 48.4 Å². The Morgan fingerprint density at radius 3 is 2.60 bits per heavy atom. The Bertz CT molecular complexity index is 417. The molecule has 20 heavy (non-hydrogen) atoms. The van der Waals surface area contributed by atoms with Crippen LogP contribution in [0, 0.1) is 0 Å². The first-order valence-electron chi connectivity index (χ1n) is 7.42. The van der Waals surface area contributed by atoms with E-state index in [1.807, 2.05) is 30.1 Å². The molecule has 0 atom stereocenters. The molecular formula is C16H25N3O. The highest BCUT2D eigenvalue weighted by molar-refractivity contribution is 5.78. The number of rotatable bonds is 8. The molecular weight excluding hydrogens is 250 g/mol. The Balaban J connectivity index is 1.90. The van der Waals surface area contributed by atoms with Crippen molar-refractivity contribution in [1.29, 1.82) is 0 Å². The number of carbonyl (C=O) groups is 1. The minimum Gasteiger partial charge on any atom is -0.342 e. The Hall–Kier alpha value is -1.39. The smallest absolute Gasteiger partial charge is 0.236 e. The minimum atomic E-state index is 0.223. The minimum absolute atomic E-state index is 0.223. The largest absolute Gasteiger partial charge is 0.342 e. The summed E-state index contributed by atoms with van der Waals surface area (Å²) in [4.78, 5) is 16.3. The number of hydrogen-bond acceptors (Lipinski definition) is 3. The Morgan fingerprint density at radius 2 is 2.00 bits per heavy atom. The van der Waals surface area contributed by atoms with E-state index < -0.39 is 0 Å². The number of benzene rings is 1. The quantitative estimate of drug-likeness (QED) is 0.781. The summed E-state index contributed by atoms with van der Waals surface area (Å²) in [6, 6.07) is 10.8. The lowest BCUT2D eigenvalue weighted by Crippen LogP contribution is -2.39. The molecule has 0 aromatic heterocycles. The van der Waals surface area contributed by atoms with Crippen LogP contribution >= 0.6 is 0 Å². The van der Waals surface area contributed by atoms with Crippen LogP contribution < -0.4 is 5.73 Å². The van der Waals surface area contributed by atoms with E-state index in [1.54, 1.807) is 0 Å². The van der Waals surface area contributed by atoms with Crippen molar-refractivity contribution in [3.63, 3.8) is 0 Å². The van der Waals surface area contributed by atoms with Gasteiger partial charge in [-0.1, -0.05) is 30.3 Å². The molecule has 0 saturated heterocycles. The van der Waals surface area contributed by atoms with Crippen molar-refractivity contribution in [3.05, 3.63) is 35.9 Å². The topological polar surface area (TPSA) is 49.6 Å². The van der Waals surface area contributed by atoms with Gasteiger partial charge in [0.25, 0.3) is 0 Å².